The zero-order chi connectivity index (χ0) is 26.2. The fourth-order valence-corrected chi connectivity index (χ4v) is 3.88. The maximum absolute atomic E-state index is 4.10. The molecule has 7 nitrogen and oxygen atoms in total. The predicted octanol–water partition coefficient (Wildman–Crippen LogP) is 7.47. The van der Waals surface area contributed by atoms with Gasteiger partial charge >= 0.3 is 0 Å². The van der Waals surface area contributed by atoms with Gasteiger partial charge in [0.05, 0.1) is 23.3 Å². The minimum atomic E-state index is 0.406. The molecule has 3 heterocycles. The quantitative estimate of drug-likeness (QED) is 0.374. The molecule has 192 valence electrons. The summed E-state index contributed by atoms with van der Waals surface area (Å²) in [6.07, 6.45) is 3.99. The van der Waals surface area contributed by atoms with Gasteiger partial charge in [0.25, 0.3) is 0 Å². The van der Waals surface area contributed by atoms with E-state index in [-0.39, 0.29) is 0 Å². The lowest BCUT2D eigenvalue weighted by molar-refractivity contribution is 0.484. The number of hydrogen-bond donors (Lipinski definition) is 0. The molecule has 0 aromatic carbocycles. The Morgan fingerprint density at radius 2 is 1.21 bits per heavy atom. The highest BCUT2D eigenvalue weighted by Gasteiger charge is 2.14. The first-order valence-electron chi connectivity index (χ1n) is 12.8. The van der Waals surface area contributed by atoms with Crippen LogP contribution in [0.3, 0.4) is 0 Å². The number of rotatable bonds is 6. The Hall–Kier alpha value is -2.44. The number of aryl methyl sites for hydroxylation is 1. The Balaban J connectivity index is 0.000000255. The zero-order valence-electron chi connectivity index (χ0n) is 23.9. The Labute approximate surface area is 208 Å². The molecule has 0 saturated carbocycles. The molecule has 0 radical (unpaired) electrons. The van der Waals surface area contributed by atoms with Gasteiger partial charge in [0, 0.05) is 30.0 Å². The topological polar surface area (TPSA) is 66.3 Å². The van der Waals surface area contributed by atoms with Gasteiger partial charge in [-0.15, -0.1) is 10.2 Å². The van der Waals surface area contributed by atoms with Crippen molar-refractivity contribution >= 4 is 0 Å². The number of hydrogen-bond acceptors (Lipinski definition) is 4. The number of nitrogens with zero attached hydrogens (tertiary/aromatic N) is 7. The van der Waals surface area contributed by atoms with Crippen LogP contribution in [0.25, 0.3) is 0 Å². The Bertz CT molecular complexity index is 860. The molecule has 3 aromatic heterocycles. The van der Waals surface area contributed by atoms with Gasteiger partial charge in [-0.1, -0.05) is 52.0 Å². The minimum absolute atomic E-state index is 0.406. The molecule has 0 bridgehead atoms. The SMILES string of the molecule is CC(C)c1cccn1C(C)C.CC(C)c1cnnn1C(C)C.Cc1nnn(C(C)C)c1C(C)C. The van der Waals surface area contributed by atoms with E-state index in [9.17, 15) is 0 Å². The largest absolute Gasteiger partial charge is 0.349 e. The first-order valence-corrected chi connectivity index (χ1v) is 12.8. The van der Waals surface area contributed by atoms with Gasteiger partial charge in [-0.25, -0.2) is 9.36 Å². The molecule has 0 N–H and O–H groups in total. The van der Waals surface area contributed by atoms with Crippen LogP contribution in [0, 0.1) is 6.92 Å². The van der Waals surface area contributed by atoms with Crippen LogP contribution in [-0.4, -0.2) is 34.6 Å². The second-order valence-electron chi connectivity index (χ2n) is 10.7. The van der Waals surface area contributed by atoms with E-state index in [0.29, 0.717) is 35.9 Å². The molecule has 7 heteroatoms. The van der Waals surface area contributed by atoms with E-state index in [2.05, 4.69) is 127 Å². The smallest absolute Gasteiger partial charge is 0.0831 e. The molecule has 0 saturated heterocycles. The van der Waals surface area contributed by atoms with Gasteiger partial charge < -0.3 is 4.57 Å². The monoisotopic (exact) mass is 471 g/mol. The maximum atomic E-state index is 4.10. The first-order chi connectivity index (χ1) is 15.8. The average Bonchev–Trinajstić information content (AvgIpc) is 3.47. The summed E-state index contributed by atoms with van der Waals surface area (Å²) in [6.45, 7) is 28.0. The van der Waals surface area contributed by atoms with Gasteiger partial charge in [-0.05, 0) is 78.4 Å². The maximum Gasteiger partial charge on any atom is 0.0831 e. The molecule has 0 aliphatic heterocycles. The summed E-state index contributed by atoms with van der Waals surface area (Å²) in [4.78, 5) is 0. The van der Waals surface area contributed by atoms with E-state index in [1.807, 2.05) is 22.5 Å². The lowest BCUT2D eigenvalue weighted by Crippen LogP contribution is -2.09. The van der Waals surface area contributed by atoms with Gasteiger partial charge in [-0.3, -0.25) is 0 Å². The van der Waals surface area contributed by atoms with Crippen molar-refractivity contribution < 1.29 is 0 Å². The van der Waals surface area contributed by atoms with E-state index in [1.165, 1.54) is 17.1 Å². The molecule has 0 spiro atoms. The van der Waals surface area contributed by atoms with Crippen molar-refractivity contribution in [1.29, 1.82) is 0 Å². The van der Waals surface area contributed by atoms with Gasteiger partial charge in [-0.2, -0.15) is 0 Å². The third-order valence-corrected chi connectivity index (χ3v) is 5.59. The third-order valence-electron chi connectivity index (χ3n) is 5.59. The third kappa shape index (κ3) is 8.10. The molecule has 0 atom stereocenters. The van der Waals surface area contributed by atoms with Crippen molar-refractivity contribution in [2.75, 3.05) is 0 Å². The van der Waals surface area contributed by atoms with E-state index in [4.69, 9.17) is 0 Å². The van der Waals surface area contributed by atoms with Crippen molar-refractivity contribution in [2.24, 2.45) is 0 Å². The molecule has 0 amide bonds. The van der Waals surface area contributed by atoms with Crippen molar-refractivity contribution in [3.63, 3.8) is 0 Å². The van der Waals surface area contributed by atoms with Gasteiger partial charge in [0.1, 0.15) is 0 Å². The molecule has 0 fully saturated rings. The van der Waals surface area contributed by atoms with Crippen molar-refractivity contribution in [3.05, 3.63) is 47.3 Å². The lowest BCUT2D eigenvalue weighted by atomic mass is 10.1. The lowest BCUT2D eigenvalue weighted by Gasteiger charge is -2.14. The Morgan fingerprint density at radius 3 is 1.56 bits per heavy atom. The summed E-state index contributed by atoms with van der Waals surface area (Å²) in [7, 11) is 0. The molecule has 0 aliphatic carbocycles. The van der Waals surface area contributed by atoms with Crippen LogP contribution in [0.15, 0.2) is 24.5 Å². The van der Waals surface area contributed by atoms with Crippen LogP contribution >= 0.6 is 0 Å². The summed E-state index contributed by atoms with van der Waals surface area (Å²) < 4.78 is 6.29. The van der Waals surface area contributed by atoms with E-state index in [1.54, 1.807) is 0 Å². The van der Waals surface area contributed by atoms with Crippen LogP contribution in [-0.2, 0) is 0 Å². The summed E-state index contributed by atoms with van der Waals surface area (Å²) >= 11 is 0. The standard InChI is InChI=1S/C10H17N.C9H17N3.C8H15N3/c1-8(2)10-6-5-7-11(10)9(3)4;1-6(2)9-8(5)10-11-12(9)7(3)4;1-6(2)8-5-9-10-11(8)7(3)4/h5-9H,1-4H3;6-7H,1-5H3;5-7H,1-4H3. The minimum Gasteiger partial charge on any atom is -0.349 e. The normalized spacial score (nSPS) is 11.5. The molecule has 3 rings (SSSR count). The van der Waals surface area contributed by atoms with Gasteiger partial charge in [0.15, 0.2) is 0 Å². The van der Waals surface area contributed by atoms with Crippen molar-refractivity contribution in [1.82, 2.24) is 34.6 Å². The highest BCUT2D eigenvalue weighted by atomic mass is 15.4. The number of aromatic nitrogens is 7. The van der Waals surface area contributed by atoms with Crippen LogP contribution in [0.4, 0.5) is 0 Å². The first kappa shape index (κ1) is 29.6. The average molecular weight is 472 g/mol. The molecular weight excluding hydrogens is 422 g/mol. The molecule has 0 aliphatic rings. The fraction of sp³-hybridized carbons (Fsp3) is 0.704. The van der Waals surface area contributed by atoms with Gasteiger partial charge in [0.2, 0.25) is 0 Å². The summed E-state index contributed by atoms with van der Waals surface area (Å²) in [6, 6.07) is 5.72. The molecule has 34 heavy (non-hydrogen) atoms. The van der Waals surface area contributed by atoms with Crippen molar-refractivity contribution in [3.8, 4) is 0 Å². The highest BCUT2D eigenvalue weighted by molar-refractivity contribution is 5.13. The predicted molar refractivity (Wildman–Crippen MR) is 143 cm³/mol. The molecule has 0 unspecified atom stereocenters. The highest BCUT2D eigenvalue weighted by Crippen LogP contribution is 2.20. The molecular formula is C27H49N7. The van der Waals surface area contributed by atoms with Crippen molar-refractivity contribution in [2.45, 2.75) is 126 Å². The van der Waals surface area contributed by atoms with Crippen LogP contribution in [0.5, 0.6) is 0 Å². The summed E-state index contributed by atoms with van der Waals surface area (Å²) in [5.41, 5.74) is 4.95. The Kier molecular flexibility index (Phi) is 11.7. The second-order valence-corrected chi connectivity index (χ2v) is 10.7. The summed E-state index contributed by atoms with van der Waals surface area (Å²) in [5.74, 6) is 1.64. The zero-order valence-corrected chi connectivity index (χ0v) is 23.9. The molecule has 3 aromatic rings. The van der Waals surface area contributed by atoms with Crippen LogP contribution in [0.2, 0.25) is 0 Å². The van der Waals surface area contributed by atoms with E-state index >= 15 is 0 Å². The Morgan fingerprint density at radius 1 is 0.647 bits per heavy atom. The summed E-state index contributed by atoms with van der Waals surface area (Å²) in [5, 5.41) is 16.1. The second kappa shape index (κ2) is 13.4. The van der Waals surface area contributed by atoms with Crippen LogP contribution < -0.4 is 0 Å². The van der Waals surface area contributed by atoms with E-state index < -0.39 is 0 Å². The fourth-order valence-electron chi connectivity index (χ4n) is 3.88. The van der Waals surface area contributed by atoms with Crippen LogP contribution in [0.1, 0.15) is 142 Å². The van der Waals surface area contributed by atoms with E-state index in [0.717, 1.165) is 5.69 Å².